The van der Waals surface area contributed by atoms with Gasteiger partial charge in [-0.2, -0.15) is 5.26 Å². The lowest BCUT2D eigenvalue weighted by atomic mass is 9.72. The number of aromatic nitrogens is 1. The number of hydrogen-bond donors (Lipinski definition) is 0. The number of sulfonamides is 1. The van der Waals surface area contributed by atoms with Gasteiger partial charge >= 0.3 is 0 Å². The van der Waals surface area contributed by atoms with Gasteiger partial charge in [-0.15, -0.1) is 0 Å². The van der Waals surface area contributed by atoms with Crippen molar-refractivity contribution in [1.29, 1.82) is 5.26 Å². The number of likely N-dealkylation sites (tertiary alicyclic amines) is 1. The highest BCUT2D eigenvalue weighted by Gasteiger charge is 2.58. The fraction of sp³-hybridized carbons (Fsp3) is 0.429. The van der Waals surface area contributed by atoms with E-state index in [1.807, 2.05) is 0 Å². The molecule has 6 rings (SSSR count). The van der Waals surface area contributed by atoms with E-state index in [0.717, 1.165) is 49.9 Å². The first-order chi connectivity index (χ1) is 22.7. The number of benzene rings is 2. The fourth-order valence-electron chi connectivity index (χ4n) is 7.23. The summed E-state index contributed by atoms with van der Waals surface area (Å²) in [4.78, 5) is 40.4. The predicted octanol–water partition coefficient (Wildman–Crippen LogP) is 3.39. The summed E-state index contributed by atoms with van der Waals surface area (Å²) in [5.74, 6) is -0.959. The summed E-state index contributed by atoms with van der Waals surface area (Å²) in [6.45, 7) is 9.86. The average Bonchev–Trinajstić information content (AvgIpc) is 3.36. The molecule has 2 saturated heterocycles. The summed E-state index contributed by atoms with van der Waals surface area (Å²) in [7, 11) is -4.41. The van der Waals surface area contributed by atoms with Gasteiger partial charge in [-0.05, 0) is 81.4 Å². The molecule has 2 aromatic carbocycles. The number of anilines is 1. The average molecular weight is 657 g/mol. The molecular formula is C35H40N6O5S. The van der Waals surface area contributed by atoms with Crippen LogP contribution in [0.2, 0.25) is 0 Å². The quantitative estimate of drug-likeness (QED) is 0.341. The first-order valence-corrected chi connectivity index (χ1v) is 17.7. The molecule has 0 saturated carbocycles. The van der Waals surface area contributed by atoms with Crippen LogP contribution in [-0.2, 0) is 25.0 Å². The van der Waals surface area contributed by atoms with Crippen LogP contribution in [0.15, 0.2) is 71.8 Å². The second kappa shape index (κ2) is 13.4. The van der Waals surface area contributed by atoms with Gasteiger partial charge in [0.05, 0.1) is 28.8 Å². The van der Waals surface area contributed by atoms with Gasteiger partial charge in [0.25, 0.3) is 15.9 Å². The molecule has 47 heavy (non-hydrogen) atoms. The fourth-order valence-corrected chi connectivity index (χ4v) is 8.73. The number of fused-ring (bicyclic) bond motifs is 1. The zero-order valence-electron chi connectivity index (χ0n) is 26.8. The van der Waals surface area contributed by atoms with Gasteiger partial charge in [0.2, 0.25) is 11.8 Å². The van der Waals surface area contributed by atoms with Gasteiger partial charge in [-0.3, -0.25) is 14.5 Å². The molecule has 3 aromatic rings. The van der Waals surface area contributed by atoms with E-state index < -0.39 is 21.3 Å². The molecule has 0 bridgehead atoms. The van der Waals surface area contributed by atoms with Crippen molar-refractivity contribution in [2.24, 2.45) is 0 Å². The van der Waals surface area contributed by atoms with Gasteiger partial charge in [0.15, 0.2) is 0 Å². The largest absolute Gasteiger partial charge is 0.478 e. The second-order valence-corrected chi connectivity index (χ2v) is 14.0. The van der Waals surface area contributed by atoms with Crippen molar-refractivity contribution >= 4 is 27.5 Å². The number of nitriles is 1. The van der Waals surface area contributed by atoms with Crippen molar-refractivity contribution in [3.63, 3.8) is 0 Å². The van der Waals surface area contributed by atoms with Crippen molar-refractivity contribution in [2.75, 3.05) is 56.7 Å². The lowest BCUT2D eigenvalue weighted by Gasteiger charge is -2.43. The van der Waals surface area contributed by atoms with E-state index in [1.165, 1.54) is 36.5 Å². The number of piperidine rings is 1. The number of nitrogens with zero attached hydrogens (tertiary/aromatic N) is 6. The van der Waals surface area contributed by atoms with Crippen LogP contribution < -0.4 is 9.04 Å². The molecule has 0 aliphatic carbocycles. The molecule has 11 nitrogen and oxygen atoms in total. The van der Waals surface area contributed by atoms with Crippen LogP contribution >= 0.6 is 0 Å². The maximum atomic E-state index is 15.0. The zero-order valence-corrected chi connectivity index (χ0v) is 27.7. The van der Waals surface area contributed by atoms with Crippen LogP contribution in [0.1, 0.15) is 49.8 Å². The summed E-state index contributed by atoms with van der Waals surface area (Å²) >= 11 is 0. The SMILES string of the molecule is CCOc1ncccc1C1(CC(=O)N2CCN(C3CCN(CC)CC3)CC2)C(=O)N(S(=O)(=O)c2ccccc2)c2ccc(C#N)cc21. The normalized spacial score (nSPS) is 21.0. The Morgan fingerprint density at radius 2 is 1.70 bits per heavy atom. The monoisotopic (exact) mass is 656 g/mol. The lowest BCUT2D eigenvalue weighted by molar-refractivity contribution is -0.137. The van der Waals surface area contributed by atoms with Crippen molar-refractivity contribution in [3.8, 4) is 11.9 Å². The van der Waals surface area contributed by atoms with Crippen molar-refractivity contribution in [2.45, 2.75) is 49.5 Å². The number of carbonyl (C=O) groups is 2. The van der Waals surface area contributed by atoms with Crippen molar-refractivity contribution in [3.05, 3.63) is 83.6 Å². The van der Waals surface area contributed by atoms with E-state index in [2.05, 4.69) is 27.8 Å². The topological polar surface area (TPSA) is 127 Å². The van der Waals surface area contributed by atoms with Gasteiger partial charge in [-0.1, -0.05) is 31.2 Å². The Kier molecular flexibility index (Phi) is 9.32. The number of amides is 2. The molecule has 12 heteroatoms. The number of hydrogen-bond acceptors (Lipinski definition) is 9. The number of carbonyl (C=O) groups excluding carboxylic acids is 2. The van der Waals surface area contributed by atoms with E-state index in [0.29, 0.717) is 19.1 Å². The molecule has 246 valence electrons. The molecule has 2 fully saturated rings. The Morgan fingerprint density at radius 1 is 0.979 bits per heavy atom. The first kappa shape index (κ1) is 32.6. The highest BCUT2D eigenvalue weighted by Crippen LogP contribution is 2.52. The Labute approximate surface area is 276 Å². The summed E-state index contributed by atoms with van der Waals surface area (Å²) < 4.78 is 35.1. The van der Waals surface area contributed by atoms with Gasteiger partial charge in [-0.25, -0.2) is 17.7 Å². The molecule has 2 amide bonds. The molecule has 1 atom stereocenters. The third-order valence-corrected chi connectivity index (χ3v) is 11.5. The molecule has 0 N–H and O–H groups in total. The highest BCUT2D eigenvalue weighted by molar-refractivity contribution is 7.93. The highest BCUT2D eigenvalue weighted by atomic mass is 32.2. The minimum atomic E-state index is -4.41. The molecule has 1 aromatic heterocycles. The standard InChI is InChI=1S/C35H40N6O5S/c1-3-38-17-14-27(15-18-38)39-19-21-40(22-20-39)32(42)24-35(29-11-8-16-37-33(29)46-4-2)30-23-26(25-36)12-13-31(30)41(34(35)43)47(44,45)28-9-6-5-7-10-28/h5-13,16,23,27H,3-4,14-15,17-22,24H2,1-2H3. The molecule has 0 spiro atoms. The minimum absolute atomic E-state index is 0.0668. The van der Waals surface area contributed by atoms with E-state index in [-0.39, 0.29) is 52.1 Å². The number of pyridine rings is 1. The van der Waals surface area contributed by atoms with Crippen molar-refractivity contribution in [1.82, 2.24) is 19.7 Å². The van der Waals surface area contributed by atoms with E-state index >= 15 is 0 Å². The van der Waals surface area contributed by atoms with Crippen LogP contribution in [0.4, 0.5) is 5.69 Å². The third-order valence-electron chi connectivity index (χ3n) is 9.75. The molecule has 0 radical (unpaired) electrons. The Hall–Kier alpha value is -4.31. The molecule has 3 aliphatic rings. The Morgan fingerprint density at radius 3 is 2.36 bits per heavy atom. The minimum Gasteiger partial charge on any atom is -0.478 e. The van der Waals surface area contributed by atoms with E-state index in [9.17, 15) is 23.3 Å². The Bertz CT molecular complexity index is 1780. The molecule has 4 heterocycles. The molecule has 3 aliphatic heterocycles. The molecule has 1 unspecified atom stereocenters. The van der Waals surface area contributed by atoms with Crippen LogP contribution in [0, 0.1) is 11.3 Å². The van der Waals surface area contributed by atoms with Gasteiger partial charge in [0.1, 0.15) is 5.41 Å². The third kappa shape index (κ3) is 5.88. The summed E-state index contributed by atoms with van der Waals surface area (Å²) in [6.07, 6.45) is 3.38. The maximum absolute atomic E-state index is 15.0. The van der Waals surface area contributed by atoms with Gasteiger partial charge < -0.3 is 14.5 Å². The smallest absolute Gasteiger partial charge is 0.270 e. The van der Waals surface area contributed by atoms with E-state index in [1.54, 1.807) is 42.2 Å². The second-order valence-electron chi connectivity index (χ2n) is 12.2. The number of ether oxygens (including phenoxy) is 1. The van der Waals surface area contributed by atoms with Crippen LogP contribution in [0.3, 0.4) is 0 Å². The van der Waals surface area contributed by atoms with Crippen LogP contribution in [-0.4, -0.2) is 98.4 Å². The number of rotatable bonds is 9. The van der Waals surface area contributed by atoms with Gasteiger partial charge in [0, 0.05) is 50.4 Å². The summed E-state index contributed by atoms with van der Waals surface area (Å²) in [6, 6.07) is 18.1. The summed E-state index contributed by atoms with van der Waals surface area (Å²) in [5, 5.41) is 9.88. The first-order valence-electron chi connectivity index (χ1n) is 16.3. The number of piperazine rings is 1. The molecular weight excluding hydrogens is 616 g/mol. The van der Waals surface area contributed by atoms with E-state index in [4.69, 9.17) is 4.74 Å². The van der Waals surface area contributed by atoms with Crippen molar-refractivity contribution < 1.29 is 22.7 Å². The van der Waals surface area contributed by atoms with Crippen LogP contribution in [0.25, 0.3) is 0 Å². The lowest BCUT2D eigenvalue weighted by Crippen LogP contribution is -2.55. The summed E-state index contributed by atoms with van der Waals surface area (Å²) in [5.41, 5.74) is -0.949. The zero-order chi connectivity index (χ0) is 33.2. The maximum Gasteiger partial charge on any atom is 0.270 e. The van der Waals surface area contributed by atoms with Crippen LogP contribution in [0.5, 0.6) is 5.88 Å². The Balaban J connectivity index is 1.40. The predicted molar refractivity (Wildman–Crippen MR) is 176 cm³/mol.